The molecular weight excluding hydrogens is 453 g/mol. The summed E-state index contributed by atoms with van der Waals surface area (Å²) in [4.78, 5) is 29.7. The molecule has 0 saturated heterocycles. The topological polar surface area (TPSA) is 52.7 Å². The minimum Gasteiger partial charge on any atom is -0.377 e. The molecule has 0 spiro atoms. The predicted octanol–water partition coefficient (Wildman–Crippen LogP) is 6.10. The zero-order chi connectivity index (χ0) is 24.8. The van der Waals surface area contributed by atoms with Gasteiger partial charge in [-0.2, -0.15) is 0 Å². The van der Waals surface area contributed by atoms with Crippen LogP contribution in [-0.2, 0) is 6.54 Å². The van der Waals surface area contributed by atoms with E-state index in [4.69, 9.17) is 11.6 Å². The Balaban J connectivity index is 1.91. The van der Waals surface area contributed by atoms with Crippen molar-refractivity contribution in [2.45, 2.75) is 20.4 Å². The van der Waals surface area contributed by atoms with Crippen LogP contribution in [0.4, 0.5) is 15.8 Å². The third-order valence-corrected chi connectivity index (χ3v) is 5.59. The van der Waals surface area contributed by atoms with Crippen LogP contribution in [0.2, 0.25) is 5.02 Å². The lowest BCUT2D eigenvalue weighted by atomic mass is 10.1. The highest BCUT2D eigenvalue weighted by Crippen LogP contribution is 2.26. The molecule has 0 saturated carbocycles. The van der Waals surface area contributed by atoms with Crippen molar-refractivity contribution >= 4 is 34.8 Å². The van der Waals surface area contributed by atoms with Crippen molar-refractivity contribution < 1.29 is 14.0 Å². The van der Waals surface area contributed by atoms with E-state index in [1.165, 1.54) is 24.3 Å². The van der Waals surface area contributed by atoms with E-state index < -0.39 is 0 Å². The van der Waals surface area contributed by atoms with Gasteiger partial charge in [0, 0.05) is 44.1 Å². The van der Waals surface area contributed by atoms with Gasteiger partial charge in [-0.25, -0.2) is 4.39 Å². The van der Waals surface area contributed by atoms with E-state index in [1.807, 2.05) is 51.0 Å². The number of benzene rings is 3. The first-order valence-electron chi connectivity index (χ1n) is 11.1. The normalized spacial score (nSPS) is 10.8. The number of amides is 2. The molecule has 0 atom stereocenters. The quantitative estimate of drug-likeness (QED) is 0.423. The van der Waals surface area contributed by atoms with Crippen LogP contribution < -0.4 is 10.2 Å². The summed E-state index contributed by atoms with van der Waals surface area (Å²) in [6, 6.07) is 18.0. The first-order valence-corrected chi connectivity index (χ1v) is 11.4. The lowest BCUT2D eigenvalue weighted by Gasteiger charge is -2.28. The van der Waals surface area contributed by atoms with E-state index in [2.05, 4.69) is 5.32 Å². The molecule has 0 unspecified atom stereocenters. The first-order chi connectivity index (χ1) is 16.2. The number of rotatable bonds is 8. The molecule has 3 aromatic carbocycles. The molecule has 7 heteroatoms. The van der Waals surface area contributed by atoms with Gasteiger partial charge in [0.15, 0.2) is 0 Å². The number of hydrogen-bond acceptors (Lipinski definition) is 3. The van der Waals surface area contributed by atoms with Crippen LogP contribution in [0.3, 0.4) is 0 Å². The van der Waals surface area contributed by atoms with Crippen molar-refractivity contribution in [3.05, 3.63) is 94.3 Å². The lowest BCUT2D eigenvalue weighted by Crippen LogP contribution is -2.34. The molecule has 0 radical (unpaired) electrons. The average molecular weight is 482 g/mol. The Labute approximate surface area is 205 Å². The summed E-state index contributed by atoms with van der Waals surface area (Å²) in [7, 11) is 3.85. The summed E-state index contributed by atoms with van der Waals surface area (Å²) in [5, 5.41) is 3.27. The highest BCUT2D eigenvalue weighted by atomic mass is 35.5. The molecule has 3 aromatic rings. The maximum Gasteiger partial charge on any atom is 0.257 e. The van der Waals surface area contributed by atoms with E-state index in [0.29, 0.717) is 34.9 Å². The van der Waals surface area contributed by atoms with Crippen molar-refractivity contribution in [2.75, 3.05) is 30.9 Å². The van der Waals surface area contributed by atoms with E-state index >= 15 is 0 Å². The number of nitrogens with zero attached hydrogens (tertiary/aromatic N) is 2. The lowest BCUT2D eigenvalue weighted by molar-refractivity contribution is 0.0722. The Morgan fingerprint density at radius 2 is 1.68 bits per heavy atom. The summed E-state index contributed by atoms with van der Waals surface area (Å²) in [6.07, 6.45) is 0. The fourth-order valence-electron chi connectivity index (χ4n) is 3.71. The van der Waals surface area contributed by atoms with Gasteiger partial charge in [0.2, 0.25) is 0 Å². The molecule has 0 aliphatic rings. The fourth-order valence-corrected chi connectivity index (χ4v) is 3.93. The molecule has 0 bridgehead atoms. The monoisotopic (exact) mass is 481 g/mol. The molecule has 0 heterocycles. The summed E-state index contributed by atoms with van der Waals surface area (Å²) in [5.41, 5.74) is 3.21. The third kappa shape index (κ3) is 6.35. The fraction of sp³-hybridized carbons (Fsp3) is 0.259. The van der Waals surface area contributed by atoms with Gasteiger partial charge in [-0.3, -0.25) is 9.59 Å². The molecule has 0 aliphatic carbocycles. The standard InChI is InChI=1S/C27H29ClFN3O2/c1-18(2)16-32(27(34)19-9-11-21(29)12-10-19)17-20-15-22(13-14-25(20)31(3)4)30-26(33)23-7-5-6-8-24(23)28/h5-15,18H,16-17H2,1-4H3,(H,30,33). The number of carbonyl (C=O) groups is 2. The molecule has 34 heavy (non-hydrogen) atoms. The van der Waals surface area contributed by atoms with Gasteiger partial charge in [-0.1, -0.05) is 37.6 Å². The molecule has 5 nitrogen and oxygen atoms in total. The van der Waals surface area contributed by atoms with Gasteiger partial charge in [-0.05, 0) is 66.1 Å². The summed E-state index contributed by atoms with van der Waals surface area (Å²) in [5.74, 6) is -0.640. The second kappa shape index (κ2) is 11.2. The smallest absolute Gasteiger partial charge is 0.257 e. The number of nitrogens with one attached hydrogen (secondary N) is 1. The van der Waals surface area contributed by atoms with Gasteiger partial charge in [-0.15, -0.1) is 0 Å². The minimum atomic E-state index is -0.385. The highest BCUT2D eigenvalue weighted by molar-refractivity contribution is 6.34. The van der Waals surface area contributed by atoms with E-state index in [-0.39, 0.29) is 23.5 Å². The first kappa shape index (κ1) is 25.2. The van der Waals surface area contributed by atoms with Crippen LogP contribution in [0.1, 0.15) is 40.1 Å². The van der Waals surface area contributed by atoms with Crippen molar-refractivity contribution in [3.63, 3.8) is 0 Å². The molecular formula is C27H29ClFN3O2. The molecule has 178 valence electrons. The third-order valence-electron chi connectivity index (χ3n) is 5.26. The van der Waals surface area contributed by atoms with Crippen LogP contribution in [0.25, 0.3) is 0 Å². The number of hydrogen-bond donors (Lipinski definition) is 1. The maximum atomic E-state index is 13.4. The maximum absolute atomic E-state index is 13.4. The van der Waals surface area contributed by atoms with Crippen LogP contribution in [0.15, 0.2) is 66.7 Å². The van der Waals surface area contributed by atoms with Crippen molar-refractivity contribution in [2.24, 2.45) is 5.92 Å². The van der Waals surface area contributed by atoms with Crippen molar-refractivity contribution in [3.8, 4) is 0 Å². The SMILES string of the molecule is CC(C)CN(Cc1cc(NC(=O)c2ccccc2Cl)ccc1N(C)C)C(=O)c1ccc(F)cc1. The zero-order valence-electron chi connectivity index (χ0n) is 19.8. The summed E-state index contributed by atoms with van der Waals surface area (Å²) < 4.78 is 13.4. The molecule has 0 aliphatic heterocycles. The molecule has 2 amide bonds. The number of carbonyl (C=O) groups excluding carboxylic acids is 2. The van der Waals surface area contributed by atoms with Crippen molar-refractivity contribution in [1.82, 2.24) is 4.90 Å². The molecule has 0 aromatic heterocycles. The summed E-state index contributed by atoms with van der Waals surface area (Å²) in [6.45, 7) is 4.94. The Kier molecular flexibility index (Phi) is 8.29. The second-order valence-corrected chi connectivity index (χ2v) is 9.17. The van der Waals surface area contributed by atoms with Gasteiger partial charge in [0.1, 0.15) is 5.82 Å². The molecule has 3 rings (SSSR count). The Morgan fingerprint density at radius 1 is 1.00 bits per heavy atom. The van der Waals surface area contributed by atoms with Crippen LogP contribution in [0.5, 0.6) is 0 Å². The second-order valence-electron chi connectivity index (χ2n) is 8.76. The Bertz CT molecular complexity index is 1160. The minimum absolute atomic E-state index is 0.177. The van der Waals surface area contributed by atoms with E-state index in [9.17, 15) is 14.0 Å². The number of halogens is 2. The van der Waals surface area contributed by atoms with Crippen LogP contribution >= 0.6 is 11.6 Å². The van der Waals surface area contributed by atoms with Gasteiger partial charge in [0.05, 0.1) is 10.6 Å². The van der Waals surface area contributed by atoms with E-state index in [1.54, 1.807) is 29.2 Å². The number of anilines is 2. The van der Waals surface area contributed by atoms with Gasteiger partial charge in [0.25, 0.3) is 11.8 Å². The van der Waals surface area contributed by atoms with Gasteiger partial charge >= 0.3 is 0 Å². The zero-order valence-corrected chi connectivity index (χ0v) is 20.6. The molecule has 0 fully saturated rings. The Hall–Kier alpha value is -3.38. The Morgan fingerprint density at radius 3 is 2.29 bits per heavy atom. The largest absolute Gasteiger partial charge is 0.377 e. The highest BCUT2D eigenvalue weighted by Gasteiger charge is 2.20. The van der Waals surface area contributed by atoms with Crippen LogP contribution in [0, 0.1) is 11.7 Å². The van der Waals surface area contributed by atoms with E-state index in [0.717, 1.165) is 11.3 Å². The average Bonchev–Trinajstić information content (AvgIpc) is 2.78. The molecule has 1 N–H and O–H groups in total. The van der Waals surface area contributed by atoms with Crippen molar-refractivity contribution in [1.29, 1.82) is 0 Å². The van der Waals surface area contributed by atoms with Crippen LogP contribution in [-0.4, -0.2) is 37.4 Å². The summed E-state index contributed by atoms with van der Waals surface area (Å²) >= 11 is 6.17. The van der Waals surface area contributed by atoms with Gasteiger partial charge < -0.3 is 15.1 Å². The predicted molar refractivity (Wildman–Crippen MR) is 136 cm³/mol.